The molecule has 1 aromatic carbocycles. The van der Waals surface area contributed by atoms with Crippen molar-refractivity contribution in [1.29, 1.82) is 0 Å². The topological polar surface area (TPSA) is 73.9 Å². The van der Waals surface area contributed by atoms with Crippen molar-refractivity contribution in [1.82, 2.24) is 19.9 Å². The van der Waals surface area contributed by atoms with Gasteiger partial charge in [0.2, 0.25) is 0 Å². The van der Waals surface area contributed by atoms with Crippen LogP contribution in [-0.4, -0.2) is 45.4 Å². The molecular formula is C19H21N5O. The molecule has 1 fully saturated rings. The second kappa shape index (κ2) is 6.93. The Hall–Kier alpha value is -2.89. The van der Waals surface area contributed by atoms with Crippen molar-refractivity contribution in [2.75, 3.05) is 25.0 Å². The van der Waals surface area contributed by atoms with Crippen LogP contribution in [0.2, 0.25) is 0 Å². The molecule has 6 nitrogen and oxygen atoms in total. The number of anilines is 1. The molecule has 0 radical (unpaired) electrons. The summed E-state index contributed by atoms with van der Waals surface area (Å²) < 4.78 is 0. The number of hydrogen-bond acceptors (Lipinski definition) is 4. The lowest BCUT2D eigenvalue weighted by molar-refractivity contribution is 0.0786. The number of aromatic nitrogens is 3. The first-order valence-corrected chi connectivity index (χ1v) is 8.71. The van der Waals surface area contributed by atoms with Gasteiger partial charge >= 0.3 is 0 Å². The number of benzene rings is 1. The SMILES string of the molecule is O=C(c1cnc(NCCc2c[nH]c3ccccc23)cn1)N1CCCC1. The number of nitrogens with one attached hydrogen (secondary N) is 2. The van der Waals surface area contributed by atoms with Crippen LogP contribution >= 0.6 is 0 Å². The molecule has 1 aliphatic heterocycles. The number of para-hydroxylation sites is 1. The van der Waals surface area contributed by atoms with E-state index in [1.54, 1.807) is 12.4 Å². The summed E-state index contributed by atoms with van der Waals surface area (Å²) in [6.07, 6.45) is 8.29. The summed E-state index contributed by atoms with van der Waals surface area (Å²) in [6.45, 7) is 2.41. The molecule has 0 unspecified atom stereocenters. The minimum atomic E-state index is -0.0182. The van der Waals surface area contributed by atoms with E-state index in [4.69, 9.17) is 0 Å². The van der Waals surface area contributed by atoms with Gasteiger partial charge < -0.3 is 15.2 Å². The fourth-order valence-electron chi connectivity index (χ4n) is 3.28. The van der Waals surface area contributed by atoms with Crippen LogP contribution in [0.1, 0.15) is 28.9 Å². The number of likely N-dealkylation sites (tertiary alicyclic amines) is 1. The van der Waals surface area contributed by atoms with Crippen molar-refractivity contribution < 1.29 is 4.79 Å². The minimum absolute atomic E-state index is 0.0182. The van der Waals surface area contributed by atoms with Gasteiger partial charge in [-0.05, 0) is 30.9 Å². The number of amides is 1. The lowest BCUT2D eigenvalue weighted by Gasteiger charge is -2.14. The quantitative estimate of drug-likeness (QED) is 0.752. The molecule has 0 spiro atoms. The molecular weight excluding hydrogens is 314 g/mol. The van der Waals surface area contributed by atoms with Crippen LogP contribution < -0.4 is 5.32 Å². The third-order valence-electron chi connectivity index (χ3n) is 4.64. The van der Waals surface area contributed by atoms with Crippen LogP contribution in [-0.2, 0) is 6.42 Å². The third-order valence-corrected chi connectivity index (χ3v) is 4.64. The lowest BCUT2D eigenvalue weighted by Crippen LogP contribution is -2.28. The van der Waals surface area contributed by atoms with E-state index in [1.807, 2.05) is 11.0 Å². The molecule has 128 valence electrons. The maximum atomic E-state index is 12.3. The van der Waals surface area contributed by atoms with E-state index >= 15 is 0 Å². The van der Waals surface area contributed by atoms with Gasteiger partial charge in [-0.3, -0.25) is 4.79 Å². The molecule has 0 saturated carbocycles. The second-order valence-electron chi connectivity index (χ2n) is 6.32. The van der Waals surface area contributed by atoms with Gasteiger partial charge in [-0.15, -0.1) is 0 Å². The molecule has 3 heterocycles. The molecule has 3 aromatic rings. The molecule has 1 aliphatic rings. The van der Waals surface area contributed by atoms with Gasteiger partial charge in [-0.25, -0.2) is 9.97 Å². The molecule has 6 heteroatoms. The zero-order valence-corrected chi connectivity index (χ0v) is 14.0. The molecule has 2 N–H and O–H groups in total. The van der Waals surface area contributed by atoms with Gasteiger partial charge in [0.05, 0.1) is 12.4 Å². The lowest BCUT2D eigenvalue weighted by atomic mass is 10.1. The highest BCUT2D eigenvalue weighted by molar-refractivity contribution is 5.92. The predicted octanol–water partition coefficient (Wildman–Crippen LogP) is 2.85. The summed E-state index contributed by atoms with van der Waals surface area (Å²) in [4.78, 5) is 26.0. The summed E-state index contributed by atoms with van der Waals surface area (Å²) >= 11 is 0. The summed E-state index contributed by atoms with van der Waals surface area (Å²) in [6, 6.07) is 8.28. The van der Waals surface area contributed by atoms with E-state index in [0.29, 0.717) is 11.5 Å². The fraction of sp³-hybridized carbons (Fsp3) is 0.316. The average molecular weight is 335 g/mol. The van der Waals surface area contributed by atoms with Crippen molar-refractivity contribution in [3.63, 3.8) is 0 Å². The number of fused-ring (bicyclic) bond motifs is 1. The predicted molar refractivity (Wildman–Crippen MR) is 97.7 cm³/mol. The van der Waals surface area contributed by atoms with E-state index in [0.717, 1.165) is 44.4 Å². The molecule has 4 rings (SSSR count). The Kier molecular flexibility index (Phi) is 4.33. The van der Waals surface area contributed by atoms with Gasteiger partial charge in [0.1, 0.15) is 11.5 Å². The molecule has 25 heavy (non-hydrogen) atoms. The maximum Gasteiger partial charge on any atom is 0.274 e. The first-order valence-electron chi connectivity index (χ1n) is 8.71. The van der Waals surface area contributed by atoms with Gasteiger partial charge in [0.25, 0.3) is 5.91 Å². The smallest absolute Gasteiger partial charge is 0.274 e. The Bertz CT molecular complexity index is 865. The van der Waals surface area contributed by atoms with Crippen LogP contribution in [0.15, 0.2) is 42.9 Å². The third kappa shape index (κ3) is 3.33. The molecule has 1 saturated heterocycles. The average Bonchev–Trinajstić information content (AvgIpc) is 3.32. The van der Waals surface area contributed by atoms with Crippen LogP contribution in [0, 0.1) is 0 Å². The molecule has 0 aliphatic carbocycles. The largest absolute Gasteiger partial charge is 0.368 e. The number of aromatic amines is 1. The van der Waals surface area contributed by atoms with Gasteiger partial charge in [0.15, 0.2) is 0 Å². The van der Waals surface area contributed by atoms with E-state index in [9.17, 15) is 4.79 Å². The van der Waals surface area contributed by atoms with E-state index in [1.165, 1.54) is 10.9 Å². The summed E-state index contributed by atoms with van der Waals surface area (Å²) in [5.74, 6) is 0.674. The summed E-state index contributed by atoms with van der Waals surface area (Å²) in [5.41, 5.74) is 2.85. The molecule has 0 atom stereocenters. The Balaban J connectivity index is 1.34. The Morgan fingerprint density at radius 1 is 1.16 bits per heavy atom. The van der Waals surface area contributed by atoms with Crippen LogP contribution in [0.25, 0.3) is 10.9 Å². The second-order valence-corrected chi connectivity index (χ2v) is 6.32. The number of nitrogens with zero attached hydrogens (tertiary/aromatic N) is 3. The number of rotatable bonds is 5. The van der Waals surface area contributed by atoms with Gasteiger partial charge in [0, 0.05) is 36.7 Å². The summed E-state index contributed by atoms with van der Waals surface area (Å²) in [5, 5.41) is 4.52. The molecule has 0 bridgehead atoms. The van der Waals surface area contributed by atoms with Crippen LogP contribution in [0.4, 0.5) is 5.82 Å². The maximum absolute atomic E-state index is 12.3. The van der Waals surface area contributed by atoms with Crippen LogP contribution in [0.3, 0.4) is 0 Å². The Morgan fingerprint density at radius 2 is 2.00 bits per heavy atom. The van der Waals surface area contributed by atoms with Crippen molar-refractivity contribution >= 4 is 22.6 Å². The highest BCUT2D eigenvalue weighted by atomic mass is 16.2. The van der Waals surface area contributed by atoms with Crippen molar-refractivity contribution in [2.45, 2.75) is 19.3 Å². The first kappa shape index (κ1) is 15.6. The number of carbonyl (C=O) groups is 1. The highest BCUT2D eigenvalue weighted by Crippen LogP contribution is 2.18. The van der Waals surface area contributed by atoms with Gasteiger partial charge in [-0.2, -0.15) is 0 Å². The number of carbonyl (C=O) groups excluding carboxylic acids is 1. The summed E-state index contributed by atoms with van der Waals surface area (Å²) in [7, 11) is 0. The molecule has 2 aromatic heterocycles. The van der Waals surface area contributed by atoms with E-state index in [2.05, 4.69) is 44.7 Å². The van der Waals surface area contributed by atoms with Crippen molar-refractivity contribution in [2.24, 2.45) is 0 Å². The minimum Gasteiger partial charge on any atom is -0.368 e. The number of hydrogen-bond donors (Lipinski definition) is 2. The highest BCUT2D eigenvalue weighted by Gasteiger charge is 2.20. The standard InChI is InChI=1S/C19H21N5O/c25-19(24-9-3-4-10-24)17-12-23-18(13-22-17)20-8-7-14-11-21-16-6-2-1-5-15(14)16/h1-2,5-6,11-13,21H,3-4,7-10H2,(H,20,23). The molecule has 1 amide bonds. The fourth-order valence-corrected chi connectivity index (χ4v) is 3.28. The van der Waals surface area contributed by atoms with E-state index in [-0.39, 0.29) is 5.91 Å². The zero-order valence-electron chi connectivity index (χ0n) is 14.0. The van der Waals surface area contributed by atoms with Gasteiger partial charge in [-0.1, -0.05) is 18.2 Å². The number of H-pyrrole nitrogens is 1. The normalized spacial score (nSPS) is 14.2. The van der Waals surface area contributed by atoms with E-state index < -0.39 is 0 Å². The first-order chi connectivity index (χ1) is 12.3. The van der Waals surface area contributed by atoms with Crippen molar-refractivity contribution in [3.05, 3.63) is 54.1 Å². The van der Waals surface area contributed by atoms with Crippen LogP contribution in [0.5, 0.6) is 0 Å². The zero-order chi connectivity index (χ0) is 17.1. The monoisotopic (exact) mass is 335 g/mol. The Morgan fingerprint density at radius 3 is 2.80 bits per heavy atom. The van der Waals surface area contributed by atoms with Crippen molar-refractivity contribution in [3.8, 4) is 0 Å². The Labute approximate surface area is 146 Å².